The number of hydrogen-bond donors (Lipinski definition) is 2. The zero-order chi connectivity index (χ0) is 22.1. The number of piperazine rings is 1. The molecule has 2 unspecified atom stereocenters. The summed E-state index contributed by atoms with van der Waals surface area (Å²) >= 11 is 0. The Morgan fingerprint density at radius 3 is 2.16 bits per heavy atom. The van der Waals surface area contributed by atoms with Gasteiger partial charge in [-0.1, -0.05) is 72.8 Å². The van der Waals surface area contributed by atoms with E-state index in [1.165, 1.54) is 12.1 Å². The van der Waals surface area contributed by atoms with E-state index in [1.807, 2.05) is 65.6 Å². The summed E-state index contributed by atoms with van der Waals surface area (Å²) in [7, 11) is 0. The molecule has 162 valence electrons. The van der Waals surface area contributed by atoms with E-state index >= 15 is 0 Å². The third-order valence-corrected chi connectivity index (χ3v) is 6.00. The van der Waals surface area contributed by atoms with Crippen molar-refractivity contribution < 1.29 is 18.7 Å². The van der Waals surface area contributed by atoms with Crippen LogP contribution in [0.5, 0.6) is 0 Å². The highest BCUT2D eigenvalue weighted by Gasteiger charge is 2.60. The lowest BCUT2D eigenvalue weighted by atomic mass is 9.90. The zero-order valence-corrected chi connectivity index (χ0v) is 17.2. The Hall–Kier alpha value is -3.55. The van der Waals surface area contributed by atoms with Crippen LogP contribution in [0, 0.1) is 5.82 Å². The van der Waals surface area contributed by atoms with Crippen LogP contribution in [0.3, 0.4) is 0 Å². The number of benzene rings is 3. The summed E-state index contributed by atoms with van der Waals surface area (Å²) in [6.45, 7) is 0.637. The molecule has 2 saturated heterocycles. The molecule has 0 aliphatic carbocycles. The molecule has 2 aliphatic rings. The third-order valence-electron chi connectivity index (χ3n) is 6.00. The molecular weight excluding hydrogens is 409 g/mol. The molecule has 7 heteroatoms. The van der Waals surface area contributed by atoms with Gasteiger partial charge < -0.3 is 15.4 Å². The molecule has 2 aliphatic heterocycles. The number of rotatable bonds is 4. The summed E-state index contributed by atoms with van der Waals surface area (Å²) in [6, 6.07) is 23.4. The number of esters is 1. The van der Waals surface area contributed by atoms with Crippen molar-refractivity contribution in [2.75, 3.05) is 18.4 Å². The predicted octanol–water partition coefficient (Wildman–Crippen LogP) is 2.86. The number of hydrogen-bond acceptors (Lipinski definition) is 5. The maximum Gasteiger partial charge on any atom is 0.327 e. The molecule has 0 radical (unpaired) electrons. The number of para-hydroxylation sites is 1. The largest absolute Gasteiger partial charge is 0.434 e. The highest BCUT2D eigenvalue weighted by atomic mass is 19.1. The van der Waals surface area contributed by atoms with Crippen LogP contribution in [0.2, 0.25) is 0 Å². The van der Waals surface area contributed by atoms with Crippen LogP contribution in [-0.2, 0) is 20.1 Å². The molecule has 2 heterocycles. The molecule has 32 heavy (non-hydrogen) atoms. The Morgan fingerprint density at radius 2 is 1.53 bits per heavy atom. The number of ether oxygens (including phenoxy) is 1. The van der Waals surface area contributed by atoms with E-state index in [2.05, 4.69) is 10.6 Å². The van der Waals surface area contributed by atoms with Gasteiger partial charge in [-0.25, -0.2) is 9.29 Å². The van der Waals surface area contributed by atoms with Gasteiger partial charge in [0, 0.05) is 24.2 Å². The molecule has 2 fully saturated rings. The number of anilines is 1. The Kier molecular flexibility index (Phi) is 5.20. The van der Waals surface area contributed by atoms with Crippen LogP contribution in [0.4, 0.5) is 10.1 Å². The second-order valence-corrected chi connectivity index (χ2v) is 7.86. The standard InChI is InChI=1S/C25H22FN3O3/c26-19-13-7-8-14-20(19)28-23(30)21-15-27-16-22-24(31)32-25(29(21)22,17-9-3-1-4-10-17)18-11-5-2-6-12-18/h1-14,21-22,27H,15-16H2,(H,28,30). The lowest BCUT2D eigenvalue weighted by Crippen LogP contribution is -2.65. The molecule has 6 nitrogen and oxygen atoms in total. The summed E-state index contributed by atoms with van der Waals surface area (Å²) in [6.07, 6.45) is 0. The number of halogens is 1. The van der Waals surface area contributed by atoms with Crippen molar-refractivity contribution in [3.8, 4) is 0 Å². The number of carbonyl (C=O) groups excluding carboxylic acids is 2. The summed E-state index contributed by atoms with van der Waals surface area (Å²) in [4.78, 5) is 28.3. The molecule has 3 aromatic carbocycles. The van der Waals surface area contributed by atoms with Gasteiger partial charge in [-0.05, 0) is 12.1 Å². The second kappa shape index (κ2) is 8.18. The zero-order valence-electron chi connectivity index (χ0n) is 17.2. The van der Waals surface area contributed by atoms with Crippen molar-refractivity contribution in [3.63, 3.8) is 0 Å². The smallest absolute Gasteiger partial charge is 0.327 e. The van der Waals surface area contributed by atoms with Crippen molar-refractivity contribution in [3.05, 3.63) is 102 Å². The van der Waals surface area contributed by atoms with Gasteiger partial charge in [-0.15, -0.1) is 0 Å². The first-order chi connectivity index (χ1) is 15.6. The minimum Gasteiger partial charge on any atom is -0.434 e. The Balaban J connectivity index is 1.62. The van der Waals surface area contributed by atoms with Gasteiger partial charge in [-0.3, -0.25) is 9.59 Å². The molecule has 2 atom stereocenters. The first-order valence-corrected chi connectivity index (χ1v) is 10.5. The highest BCUT2D eigenvalue weighted by molar-refractivity contribution is 5.96. The summed E-state index contributed by atoms with van der Waals surface area (Å²) < 4.78 is 20.3. The van der Waals surface area contributed by atoms with E-state index in [9.17, 15) is 14.0 Å². The normalized spacial score (nSPS) is 22.1. The van der Waals surface area contributed by atoms with E-state index in [1.54, 1.807) is 12.1 Å². The van der Waals surface area contributed by atoms with Gasteiger partial charge in [0.2, 0.25) is 11.6 Å². The van der Waals surface area contributed by atoms with Crippen LogP contribution in [0.1, 0.15) is 11.1 Å². The Bertz CT molecular complexity index is 1100. The number of fused-ring (bicyclic) bond motifs is 1. The molecule has 5 rings (SSSR count). The fraction of sp³-hybridized carbons (Fsp3) is 0.200. The first kappa shape index (κ1) is 20.4. The predicted molar refractivity (Wildman–Crippen MR) is 117 cm³/mol. The van der Waals surface area contributed by atoms with Crippen molar-refractivity contribution in [1.82, 2.24) is 10.2 Å². The number of cyclic esters (lactones) is 1. The van der Waals surface area contributed by atoms with Crippen LogP contribution < -0.4 is 10.6 Å². The maximum atomic E-state index is 14.2. The lowest BCUT2D eigenvalue weighted by Gasteiger charge is -2.44. The topological polar surface area (TPSA) is 70.7 Å². The van der Waals surface area contributed by atoms with Crippen LogP contribution in [0.25, 0.3) is 0 Å². The molecule has 0 spiro atoms. The number of carbonyl (C=O) groups is 2. The molecule has 0 saturated carbocycles. The minimum absolute atomic E-state index is 0.0936. The quantitative estimate of drug-likeness (QED) is 0.622. The van der Waals surface area contributed by atoms with E-state index in [4.69, 9.17) is 4.74 Å². The number of nitrogens with one attached hydrogen (secondary N) is 2. The fourth-order valence-corrected chi connectivity index (χ4v) is 4.58. The molecule has 3 aromatic rings. The van der Waals surface area contributed by atoms with Crippen molar-refractivity contribution >= 4 is 17.6 Å². The van der Waals surface area contributed by atoms with E-state index in [0.717, 1.165) is 11.1 Å². The number of nitrogens with zero attached hydrogens (tertiary/aromatic N) is 1. The van der Waals surface area contributed by atoms with E-state index < -0.39 is 35.5 Å². The van der Waals surface area contributed by atoms with Crippen LogP contribution in [0.15, 0.2) is 84.9 Å². The first-order valence-electron chi connectivity index (χ1n) is 10.5. The highest BCUT2D eigenvalue weighted by Crippen LogP contribution is 2.45. The summed E-state index contributed by atoms with van der Waals surface area (Å²) in [5.41, 5.74) is 0.306. The van der Waals surface area contributed by atoms with Gasteiger partial charge in [0.15, 0.2) is 0 Å². The average Bonchev–Trinajstić information content (AvgIpc) is 3.15. The molecule has 0 aromatic heterocycles. The summed E-state index contributed by atoms with van der Waals surface area (Å²) in [5.74, 6) is -1.34. The summed E-state index contributed by atoms with van der Waals surface area (Å²) in [5, 5.41) is 5.85. The van der Waals surface area contributed by atoms with Crippen molar-refractivity contribution in [2.24, 2.45) is 0 Å². The van der Waals surface area contributed by atoms with Gasteiger partial charge in [0.05, 0.1) is 5.69 Å². The van der Waals surface area contributed by atoms with Crippen molar-refractivity contribution in [1.29, 1.82) is 0 Å². The van der Waals surface area contributed by atoms with Crippen LogP contribution >= 0.6 is 0 Å². The number of amides is 1. The lowest BCUT2D eigenvalue weighted by molar-refractivity contribution is -0.152. The Labute approximate surface area is 185 Å². The van der Waals surface area contributed by atoms with Gasteiger partial charge >= 0.3 is 5.97 Å². The van der Waals surface area contributed by atoms with E-state index in [-0.39, 0.29) is 12.2 Å². The minimum atomic E-state index is -1.27. The molecular formula is C25H22FN3O3. The van der Waals surface area contributed by atoms with Gasteiger partial charge in [-0.2, -0.15) is 0 Å². The Morgan fingerprint density at radius 1 is 0.938 bits per heavy atom. The van der Waals surface area contributed by atoms with Gasteiger partial charge in [0.25, 0.3) is 0 Å². The SMILES string of the molecule is O=C(Nc1ccccc1F)C1CNCC2C(=O)OC(c3ccccc3)(c3ccccc3)N12. The van der Waals surface area contributed by atoms with Crippen molar-refractivity contribution in [2.45, 2.75) is 17.8 Å². The van der Waals surface area contributed by atoms with Crippen LogP contribution in [-0.4, -0.2) is 41.9 Å². The third kappa shape index (κ3) is 3.26. The van der Waals surface area contributed by atoms with Gasteiger partial charge in [0.1, 0.15) is 17.9 Å². The monoisotopic (exact) mass is 431 g/mol. The average molecular weight is 431 g/mol. The maximum absolute atomic E-state index is 14.2. The molecule has 0 bridgehead atoms. The molecule has 1 amide bonds. The second-order valence-electron chi connectivity index (χ2n) is 7.86. The molecule has 2 N–H and O–H groups in total. The van der Waals surface area contributed by atoms with E-state index in [0.29, 0.717) is 6.54 Å². The fourth-order valence-electron chi connectivity index (χ4n) is 4.58.